The molecule has 0 bridgehead atoms. The van der Waals surface area contributed by atoms with Crippen LogP contribution in [0.25, 0.3) is 55.8 Å². The van der Waals surface area contributed by atoms with Gasteiger partial charge in [-0.25, -0.2) is 0 Å². The lowest BCUT2D eigenvalue weighted by Crippen LogP contribution is -2.60. The molecule has 2 aromatic heterocycles. The summed E-state index contributed by atoms with van der Waals surface area (Å²) in [5, 5.41) is 0. The summed E-state index contributed by atoms with van der Waals surface area (Å²) in [5.41, 5.74) is 16.7. The van der Waals surface area contributed by atoms with Crippen LogP contribution in [0.15, 0.2) is 99.8 Å². The molecule has 5 aromatic carbocycles. The Morgan fingerprint density at radius 1 is 0.512 bits per heavy atom. The first-order valence-electron chi connectivity index (χ1n) is 15.2. The van der Waals surface area contributed by atoms with E-state index in [0.29, 0.717) is 0 Å². The molecule has 0 atom stereocenters. The van der Waals surface area contributed by atoms with Crippen LogP contribution in [0.4, 0.5) is 0 Å². The summed E-state index contributed by atoms with van der Waals surface area (Å²) < 4.78 is 18.3. The molecule has 4 heterocycles. The molecule has 0 radical (unpaired) electrons. The van der Waals surface area contributed by atoms with Crippen LogP contribution in [0, 0.1) is 0 Å². The van der Waals surface area contributed by atoms with Gasteiger partial charge in [-0.05, 0) is 74.7 Å². The third kappa shape index (κ3) is 3.28. The van der Waals surface area contributed by atoms with E-state index in [-0.39, 0.29) is 17.5 Å². The van der Waals surface area contributed by atoms with Crippen molar-refractivity contribution in [1.29, 1.82) is 0 Å². The van der Waals surface area contributed by atoms with E-state index in [1.54, 1.807) is 0 Å². The molecule has 2 aliphatic rings. The van der Waals surface area contributed by atoms with E-state index in [1.165, 1.54) is 38.9 Å². The van der Waals surface area contributed by atoms with Crippen molar-refractivity contribution in [3.8, 4) is 11.4 Å². The molecule has 43 heavy (non-hydrogen) atoms. The van der Waals surface area contributed by atoms with Crippen molar-refractivity contribution in [3.05, 3.63) is 102 Å². The standard InChI is InChI=1S/C38H33BN2O2/c1-37(2,3)22-15-17-26-24(19-22)39-25-20-23(38(4,5)6)16-18-27(25)41-29-12-8-10-14-31(29)43-33-21-32-35(34(39)36(33)41)40(26)28-11-7-9-13-30(28)42-32/h7-21H,1-6H3. The Morgan fingerprint density at radius 2 is 0.953 bits per heavy atom. The average molecular weight is 561 g/mol. The maximum atomic E-state index is 6.70. The molecule has 4 nitrogen and oxygen atoms in total. The Labute approximate surface area is 250 Å². The van der Waals surface area contributed by atoms with Gasteiger partial charge >= 0.3 is 0 Å². The lowest BCUT2D eigenvalue weighted by molar-refractivity contribution is 0.590. The van der Waals surface area contributed by atoms with Gasteiger partial charge in [0.15, 0.2) is 22.3 Å². The van der Waals surface area contributed by atoms with Crippen LogP contribution in [-0.4, -0.2) is 15.8 Å². The SMILES string of the molecule is CC(C)(C)c1ccc2c(c1)B1c3cc(C(C)(C)C)ccc3-n3c4ccccc4oc4cc5oc6ccccc6n-2c5c1c43. The Morgan fingerprint density at radius 3 is 1.40 bits per heavy atom. The summed E-state index contributed by atoms with van der Waals surface area (Å²) in [7, 11) is 0. The summed E-state index contributed by atoms with van der Waals surface area (Å²) in [6, 6.07) is 33.0. The highest BCUT2D eigenvalue weighted by molar-refractivity contribution is 7.00. The van der Waals surface area contributed by atoms with Crippen LogP contribution < -0.4 is 16.4 Å². The predicted octanol–water partition coefficient (Wildman–Crippen LogP) is 7.93. The predicted molar refractivity (Wildman–Crippen MR) is 179 cm³/mol. The second-order valence-corrected chi connectivity index (χ2v) is 14.3. The van der Waals surface area contributed by atoms with Crippen molar-refractivity contribution in [2.45, 2.75) is 52.4 Å². The molecule has 5 heteroatoms. The number of benzene rings is 5. The Kier molecular flexibility index (Phi) is 4.66. The monoisotopic (exact) mass is 560 g/mol. The fraction of sp³-hybridized carbons (Fsp3) is 0.211. The molecule has 9 rings (SSSR count). The third-order valence-electron chi connectivity index (χ3n) is 9.52. The normalized spacial score (nSPS) is 13.8. The van der Waals surface area contributed by atoms with Crippen molar-refractivity contribution in [3.63, 3.8) is 0 Å². The van der Waals surface area contributed by atoms with Gasteiger partial charge in [0.05, 0.1) is 22.1 Å². The van der Waals surface area contributed by atoms with Gasteiger partial charge < -0.3 is 18.0 Å². The number of rotatable bonds is 0. The van der Waals surface area contributed by atoms with E-state index >= 15 is 0 Å². The fourth-order valence-corrected chi connectivity index (χ4v) is 7.35. The Bertz CT molecular complexity index is 2220. The first-order valence-corrected chi connectivity index (χ1v) is 15.2. The highest BCUT2D eigenvalue weighted by Crippen LogP contribution is 2.38. The number of aromatic nitrogens is 2. The summed E-state index contributed by atoms with van der Waals surface area (Å²) in [6.45, 7) is 13.8. The van der Waals surface area contributed by atoms with E-state index in [0.717, 1.165) is 44.4 Å². The van der Waals surface area contributed by atoms with E-state index in [9.17, 15) is 0 Å². The minimum atomic E-state index is 0.0122. The lowest BCUT2D eigenvalue weighted by Gasteiger charge is -2.37. The largest absolute Gasteiger partial charge is 0.453 e. The first kappa shape index (κ1) is 24.9. The lowest BCUT2D eigenvalue weighted by atomic mass is 9.34. The maximum Gasteiger partial charge on any atom is 0.252 e. The quantitative estimate of drug-likeness (QED) is 0.140. The topological polar surface area (TPSA) is 36.1 Å². The maximum absolute atomic E-state index is 6.70. The zero-order chi connectivity index (χ0) is 29.4. The number of hydrogen-bond donors (Lipinski definition) is 0. The van der Waals surface area contributed by atoms with Gasteiger partial charge in [0, 0.05) is 17.4 Å². The van der Waals surface area contributed by atoms with E-state index in [1.807, 2.05) is 12.1 Å². The summed E-state index contributed by atoms with van der Waals surface area (Å²) in [6.07, 6.45) is 0. The van der Waals surface area contributed by atoms with Gasteiger partial charge in [-0.1, -0.05) is 90.1 Å². The van der Waals surface area contributed by atoms with E-state index < -0.39 is 0 Å². The number of hydrogen-bond acceptors (Lipinski definition) is 2. The van der Waals surface area contributed by atoms with Gasteiger partial charge in [-0.15, -0.1) is 0 Å². The number of fused-ring (bicyclic) bond motifs is 10. The summed E-state index contributed by atoms with van der Waals surface area (Å²) in [5.74, 6) is 0. The molecule has 0 amide bonds. The molecular weight excluding hydrogens is 527 g/mol. The second-order valence-electron chi connectivity index (χ2n) is 14.3. The minimum absolute atomic E-state index is 0.0122. The van der Waals surface area contributed by atoms with E-state index in [2.05, 4.69) is 130 Å². The molecule has 0 saturated carbocycles. The molecule has 0 spiro atoms. The second kappa shape index (κ2) is 8.05. The number of nitrogens with zero attached hydrogens (tertiary/aromatic N) is 2. The molecule has 0 N–H and O–H groups in total. The highest BCUT2D eigenvalue weighted by atomic mass is 16.3. The summed E-state index contributed by atoms with van der Waals surface area (Å²) >= 11 is 0. The van der Waals surface area contributed by atoms with Gasteiger partial charge in [0.2, 0.25) is 0 Å². The highest BCUT2D eigenvalue weighted by Gasteiger charge is 2.41. The molecule has 210 valence electrons. The van der Waals surface area contributed by atoms with Crippen LogP contribution in [0.5, 0.6) is 0 Å². The fourth-order valence-electron chi connectivity index (χ4n) is 7.35. The molecule has 0 unspecified atom stereocenters. The average Bonchev–Trinajstić information content (AvgIpc) is 2.98. The molecule has 0 saturated heterocycles. The van der Waals surface area contributed by atoms with E-state index in [4.69, 9.17) is 8.83 Å². The van der Waals surface area contributed by atoms with Crippen molar-refractivity contribution in [2.24, 2.45) is 0 Å². The van der Waals surface area contributed by atoms with Crippen molar-refractivity contribution >= 4 is 67.5 Å². The van der Waals surface area contributed by atoms with Gasteiger partial charge in [-0.3, -0.25) is 0 Å². The molecular formula is C38H33BN2O2. The molecule has 2 aliphatic heterocycles. The molecule has 0 fully saturated rings. The van der Waals surface area contributed by atoms with Crippen molar-refractivity contribution in [1.82, 2.24) is 9.13 Å². The molecule has 0 aliphatic carbocycles. The summed E-state index contributed by atoms with van der Waals surface area (Å²) in [4.78, 5) is 0. The zero-order valence-electron chi connectivity index (χ0n) is 25.4. The third-order valence-corrected chi connectivity index (χ3v) is 9.52. The van der Waals surface area contributed by atoms with Crippen molar-refractivity contribution in [2.75, 3.05) is 0 Å². The van der Waals surface area contributed by atoms with Crippen LogP contribution in [0.1, 0.15) is 52.7 Å². The smallest absolute Gasteiger partial charge is 0.252 e. The number of para-hydroxylation sites is 4. The van der Waals surface area contributed by atoms with Crippen LogP contribution >= 0.6 is 0 Å². The van der Waals surface area contributed by atoms with Crippen LogP contribution in [0.2, 0.25) is 0 Å². The van der Waals surface area contributed by atoms with Crippen molar-refractivity contribution < 1.29 is 8.83 Å². The first-order chi connectivity index (χ1) is 20.6. The Balaban J connectivity index is 1.58. The van der Waals surface area contributed by atoms with Gasteiger partial charge in [0.25, 0.3) is 6.71 Å². The minimum Gasteiger partial charge on any atom is -0.453 e. The van der Waals surface area contributed by atoms with Crippen LogP contribution in [-0.2, 0) is 10.8 Å². The zero-order valence-corrected chi connectivity index (χ0v) is 25.4. The van der Waals surface area contributed by atoms with Gasteiger partial charge in [0.1, 0.15) is 0 Å². The Hall–Kier alpha value is -4.64. The van der Waals surface area contributed by atoms with Crippen LogP contribution in [0.3, 0.4) is 0 Å². The van der Waals surface area contributed by atoms with Gasteiger partial charge in [-0.2, -0.15) is 0 Å². The molecule has 7 aromatic rings.